The first-order valence-electron chi connectivity index (χ1n) is 7.44. The van der Waals surface area contributed by atoms with Gasteiger partial charge < -0.3 is 10.7 Å². The quantitative estimate of drug-likeness (QED) is 0.368. The second kappa shape index (κ2) is 5.35. The Balaban J connectivity index is 1.64. The van der Waals surface area contributed by atoms with Crippen LogP contribution in [0.3, 0.4) is 0 Å². The van der Waals surface area contributed by atoms with Crippen molar-refractivity contribution in [2.24, 2.45) is 0 Å². The van der Waals surface area contributed by atoms with Gasteiger partial charge in [-0.15, -0.1) is 11.3 Å². The molecule has 0 saturated heterocycles. The zero-order valence-electron chi connectivity index (χ0n) is 13.0. The molecule has 0 saturated carbocycles. The summed E-state index contributed by atoms with van der Waals surface area (Å²) < 4.78 is 1.52. The molecule has 0 radical (unpaired) electrons. The lowest BCUT2D eigenvalue weighted by atomic mass is 10.3. The Kier molecular flexibility index (Phi) is 2.99. The van der Waals surface area contributed by atoms with Crippen LogP contribution in [0.1, 0.15) is 0 Å². The standard InChI is InChI=1S/C14H10N10OS/c15-13-19-7(6-2-1-3-26-6)8-11(21-13)24(5-18-8)23-14-20-10-9(12(25)22-14)16-4-17-10/h1-5H,(H2,15,19,21)(H3,16,17,20,22,23,25). The Bertz CT molecular complexity index is 1300. The normalized spacial score (nSPS) is 11.4. The molecule has 5 heterocycles. The SMILES string of the molecule is Nc1nc(-c2cccs2)c2ncn(Nc3nc4nc[nH]c4c(=O)[nH]3)c2n1. The maximum atomic E-state index is 12.0. The van der Waals surface area contributed by atoms with Crippen LogP contribution < -0.4 is 16.7 Å². The predicted molar refractivity (Wildman–Crippen MR) is 96.6 cm³/mol. The molecule has 0 aliphatic rings. The van der Waals surface area contributed by atoms with E-state index in [0.717, 1.165) is 4.88 Å². The third-order valence-electron chi connectivity index (χ3n) is 3.69. The molecule has 0 spiro atoms. The molecule has 0 bridgehead atoms. The molecule has 0 fully saturated rings. The van der Waals surface area contributed by atoms with Gasteiger partial charge in [-0.25, -0.2) is 19.6 Å². The fourth-order valence-corrected chi connectivity index (χ4v) is 3.31. The molecule has 128 valence electrons. The highest BCUT2D eigenvalue weighted by atomic mass is 32.1. The van der Waals surface area contributed by atoms with Crippen LogP contribution in [0.4, 0.5) is 11.9 Å². The summed E-state index contributed by atoms with van der Waals surface area (Å²) in [6, 6.07) is 3.86. The lowest BCUT2D eigenvalue weighted by Gasteiger charge is -2.07. The highest BCUT2D eigenvalue weighted by molar-refractivity contribution is 7.13. The van der Waals surface area contributed by atoms with Crippen LogP contribution in [0.15, 0.2) is 35.0 Å². The summed E-state index contributed by atoms with van der Waals surface area (Å²) >= 11 is 1.53. The number of nitrogens with zero attached hydrogens (tertiary/aromatic N) is 6. The largest absolute Gasteiger partial charge is 0.368 e. The summed E-state index contributed by atoms with van der Waals surface area (Å²) in [7, 11) is 0. The van der Waals surface area contributed by atoms with E-state index >= 15 is 0 Å². The van der Waals surface area contributed by atoms with E-state index in [2.05, 4.69) is 40.3 Å². The third kappa shape index (κ3) is 2.20. The van der Waals surface area contributed by atoms with E-state index in [-0.39, 0.29) is 17.5 Å². The fourth-order valence-electron chi connectivity index (χ4n) is 2.59. The van der Waals surface area contributed by atoms with Crippen LogP contribution in [0.25, 0.3) is 32.9 Å². The monoisotopic (exact) mass is 366 g/mol. The Morgan fingerprint density at radius 3 is 3.00 bits per heavy atom. The molecule has 0 aliphatic carbocycles. The minimum atomic E-state index is -0.340. The average Bonchev–Trinajstić information content (AvgIpc) is 3.35. The van der Waals surface area contributed by atoms with Crippen LogP contribution in [-0.2, 0) is 0 Å². The van der Waals surface area contributed by atoms with Crippen LogP contribution >= 0.6 is 11.3 Å². The summed E-state index contributed by atoms with van der Waals surface area (Å²) in [4.78, 5) is 39.5. The number of nitrogens with two attached hydrogens (primary N) is 1. The highest BCUT2D eigenvalue weighted by Gasteiger charge is 2.15. The maximum Gasteiger partial charge on any atom is 0.278 e. The van der Waals surface area contributed by atoms with Crippen molar-refractivity contribution in [1.82, 2.24) is 39.6 Å². The van der Waals surface area contributed by atoms with Crippen molar-refractivity contribution in [2.45, 2.75) is 0 Å². The predicted octanol–water partition coefficient (Wildman–Crippen LogP) is 0.972. The minimum Gasteiger partial charge on any atom is -0.368 e. The lowest BCUT2D eigenvalue weighted by molar-refractivity contribution is 0.928. The second-order valence-electron chi connectivity index (χ2n) is 5.32. The number of nitrogens with one attached hydrogen (secondary N) is 3. The molecule has 5 N–H and O–H groups in total. The van der Waals surface area contributed by atoms with Gasteiger partial charge in [0.2, 0.25) is 11.9 Å². The topological polar surface area (TPSA) is 156 Å². The number of imidazole rings is 2. The molecule has 0 aliphatic heterocycles. The summed E-state index contributed by atoms with van der Waals surface area (Å²) in [5.41, 5.74) is 10.8. The number of aromatic amines is 2. The van der Waals surface area contributed by atoms with E-state index in [1.54, 1.807) is 0 Å². The van der Waals surface area contributed by atoms with Crippen LogP contribution in [0.5, 0.6) is 0 Å². The molecule has 26 heavy (non-hydrogen) atoms. The first kappa shape index (κ1) is 14.5. The molecule has 0 atom stereocenters. The van der Waals surface area contributed by atoms with E-state index < -0.39 is 0 Å². The lowest BCUT2D eigenvalue weighted by Crippen LogP contribution is -2.17. The summed E-state index contributed by atoms with van der Waals surface area (Å²) in [5.74, 6) is 0.317. The number of nitrogen functional groups attached to an aromatic ring is 1. The number of hydrogen-bond acceptors (Lipinski definition) is 9. The van der Waals surface area contributed by atoms with Crippen molar-refractivity contribution in [3.63, 3.8) is 0 Å². The van der Waals surface area contributed by atoms with Crippen molar-refractivity contribution >= 4 is 45.6 Å². The van der Waals surface area contributed by atoms with Crippen molar-refractivity contribution in [3.05, 3.63) is 40.5 Å². The molecule has 0 unspecified atom stereocenters. The summed E-state index contributed by atoms with van der Waals surface area (Å²) in [6.45, 7) is 0. The van der Waals surface area contributed by atoms with E-state index in [4.69, 9.17) is 5.73 Å². The second-order valence-corrected chi connectivity index (χ2v) is 6.27. The van der Waals surface area contributed by atoms with Crippen LogP contribution in [-0.4, -0.2) is 39.6 Å². The number of fused-ring (bicyclic) bond motifs is 2. The molecule has 5 aromatic heterocycles. The molecule has 5 aromatic rings. The molecule has 5 rings (SSSR count). The minimum absolute atomic E-state index is 0.119. The molecular formula is C14H10N10OS. The summed E-state index contributed by atoms with van der Waals surface area (Å²) in [5, 5.41) is 1.95. The zero-order chi connectivity index (χ0) is 17.7. The van der Waals surface area contributed by atoms with Crippen molar-refractivity contribution < 1.29 is 0 Å². The number of thiophene rings is 1. The maximum absolute atomic E-state index is 12.0. The van der Waals surface area contributed by atoms with E-state index in [0.29, 0.717) is 28.0 Å². The molecule has 11 nitrogen and oxygen atoms in total. The number of H-pyrrole nitrogens is 2. The zero-order valence-corrected chi connectivity index (χ0v) is 13.8. The van der Waals surface area contributed by atoms with Gasteiger partial charge in [0.25, 0.3) is 5.56 Å². The van der Waals surface area contributed by atoms with Crippen LogP contribution in [0.2, 0.25) is 0 Å². The first-order chi connectivity index (χ1) is 12.7. The molecular weight excluding hydrogens is 356 g/mol. The Morgan fingerprint density at radius 1 is 1.23 bits per heavy atom. The highest BCUT2D eigenvalue weighted by Crippen LogP contribution is 2.29. The molecule has 0 amide bonds. The van der Waals surface area contributed by atoms with Crippen LogP contribution in [0, 0.1) is 0 Å². The Hall–Kier alpha value is -3.80. The van der Waals surface area contributed by atoms with Gasteiger partial charge in [0.15, 0.2) is 16.8 Å². The van der Waals surface area contributed by atoms with Gasteiger partial charge in [-0.1, -0.05) is 6.07 Å². The van der Waals surface area contributed by atoms with Gasteiger partial charge in [0, 0.05) is 0 Å². The number of anilines is 2. The average molecular weight is 366 g/mol. The number of aromatic nitrogens is 8. The van der Waals surface area contributed by atoms with Gasteiger partial charge in [0.05, 0.1) is 11.2 Å². The van der Waals surface area contributed by atoms with E-state index in [1.807, 2.05) is 17.5 Å². The van der Waals surface area contributed by atoms with Gasteiger partial charge in [0.1, 0.15) is 17.5 Å². The smallest absolute Gasteiger partial charge is 0.278 e. The van der Waals surface area contributed by atoms with Gasteiger partial charge in [-0.3, -0.25) is 15.2 Å². The van der Waals surface area contributed by atoms with Crippen molar-refractivity contribution in [2.75, 3.05) is 11.2 Å². The Labute approximate surface area is 148 Å². The van der Waals surface area contributed by atoms with Gasteiger partial charge in [-0.2, -0.15) is 9.97 Å². The van der Waals surface area contributed by atoms with Gasteiger partial charge in [-0.05, 0) is 11.4 Å². The first-order valence-corrected chi connectivity index (χ1v) is 8.32. The number of hydrogen-bond donors (Lipinski definition) is 4. The summed E-state index contributed by atoms with van der Waals surface area (Å²) in [6.07, 6.45) is 2.93. The van der Waals surface area contributed by atoms with Crippen molar-refractivity contribution in [3.8, 4) is 10.6 Å². The van der Waals surface area contributed by atoms with Gasteiger partial charge >= 0.3 is 0 Å². The van der Waals surface area contributed by atoms with E-state index in [9.17, 15) is 4.79 Å². The Morgan fingerprint density at radius 2 is 2.15 bits per heavy atom. The van der Waals surface area contributed by atoms with Crippen molar-refractivity contribution in [1.29, 1.82) is 0 Å². The number of rotatable bonds is 3. The fraction of sp³-hybridized carbons (Fsp3) is 0. The van der Waals surface area contributed by atoms with E-state index in [1.165, 1.54) is 28.7 Å². The third-order valence-corrected chi connectivity index (χ3v) is 4.57. The molecule has 12 heteroatoms. The molecule has 0 aromatic carbocycles.